The molecular weight excluding hydrogens is 609 g/mol. The van der Waals surface area contributed by atoms with E-state index >= 15 is 0 Å². The molecule has 0 aliphatic heterocycles. The molecule has 11 rings (SSSR count). The highest BCUT2D eigenvalue weighted by Gasteiger charge is 2.14. The maximum Gasteiger partial charge on any atom is 0.0440 e. The van der Waals surface area contributed by atoms with Gasteiger partial charge < -0.3 is 0 Å². The van der Waals surface area contributed by atoms with Crippen LogP contribution >= 0.6 is 11.3 Å². The summed E-state index contributed by atoms with van der Waals surface area (Å²) in [4.78, 5) is 0. The maximum absolute atomic E-state index is 2.42. The number of rotatable bonds is 2. The predicted molar refractivity (Wildman–Crippen MR) is 215 cm³/mol. The van der Waals surface area contributed by atoms with Crippen molar-refractivity contribution >= 4 is 96.1 Å². The summed E-state index contributed by atoms with van der Waals surface area (Å²) in [5, 5.41) is 18.2. The zero-order valence-corrected chi connectivity index (χ0v) is 27.4. The van der Waals surface area contributed by atoms with Gasteiger partial charge in [0.25, 0.3) is 0 Å². The molecule has 0 nitrogen and oxygen atoms in total. The summed E-state index contributed by atoms with van der Waals surface area (Å²) in [6, 6.07) is 63.3. The van der Waals surface area contributed by atoms with E-state index in [1.165, 1.54) is 107 Å². The summed E-state index contributed by atoms with van der Waals surface area (Å²) in [5.74, 6) is 0. The second-order valence-electron chi connectivity index (χ2n) is 13.3. The third kappa shape index (κ3) is 4.03. The normalized spacial score (nSPS) is 12.1. The molecule has 0 unspecified atom stereocenters. The van der Waals surface area contributed by atoms with Crippen LogP contribution in [0.3, 0.4) is 0 Å². The smallest absolute Gasteiger partial charge is 0.0440 e. The van der Waals surface area contributed by atoms with Crippen LogP contribution in [0.1, 0.15) is 0 Å². The first-order valence-corrected chi connectivity index (χ1v) is 17.7. The van der Waals surface area contributed by atoms with Crippen LogP contribution in [0.4, 0.5) is 0 Å². The zero-order valence-electron chi connectivity index (χ0n) is 26.6. The van der Waals surface area contributed by atoms with Crippen molar-refractivity contribution in [2.45, 2.75) is 0 Å². The van der Waals surface area contributed by atoms with E-state index in [2.05, 4.69) is 170 Å². The molecular formula is C48H28S. The topological polar surface area (TPSA) is 0 Å². The van der Waals surface area contributed by atoms with Gasteiger partial charge in [0.05, 0.1) is 0 Å². The molecule has 0 aliphatic carbocycles. The lowest BCUT2D eigenvalue weighted by atomic mass is 9.89. The summed E-state index contributed by atoms with van der Waals surface area (Å²) < 4.78 is 2.72. The molecule has 11 aromatic rings. The Morgan fingerprint density at radius 2 is 0.735 bits per heavy atom. The highest BCUT2D eigenvalue weighted by Crippen LogP contribution is 2.43. The number of fused-ring (bicyclic) bond motifs is 14. The first kappa shape index (κ1) is 27.0. The minimum atomic E-state index is 1.24. The Kier molecular flexibility index (Phi) is 5.64. The number of hydrogen-bond donors (Lipinski definition) is 0. The lowest BCUT2D eigenvalue weighted by Crippen LogP contribution is -1.87. The van der Waals surface area contributed by atoms with E-state index in [-0.39, 0.29) is 0 Å². The first-order valence-electron chi connectivity index (χ1n) is 16.9. The van der Waals surface area contributed by atoms with Gasteiger partial charge in [0.2, 0.25) is 0 Å². The summed E-state index contributed by atoms with van der Waals surface area (Å²) >= 11 is 1.91. The van der Waals surface area contributed by atoms with Crippen molar-refractivity contribution in [1.29, 1.82) is 0 Å². The van der Waals surface area contributed by atoms with Crippen molar-refractivity contribution < 1.29 is 0 Å². The van der Waals surface area contributed by atoms with Gasteiger partial charge in [-0.2, -0.15) is 0 Å². The van der Waals surface area contributed by atoms with Crippen LogP contribution in [0.2, 0.25) is 0 Å². The number of hydrogen-bond acceptors (Lipinski definition) is 1. The Morgan fingerprint density at radius 1 is 0.265 bits per heavy atom. The largest absolute Gasteiger partial charge is 0.135 e. The fourth-order valence-electron chi connectivity index (χ4n) is 8.18. The quantitative estimate of drug-likeness (QED) is 0.166. The average molecular weight is 637 g/mol. The average Bonchev–Trinajstić information content (AvgIpc) is 3.56. The van der Waals surface area contributed by atoms with Crippen LogP contribution in [0.15, 0.2) is 170 Å². The van der Waals surface area contributed by atoms with Gasteiger partial charge in [-0.25, -0.2) is 0 Å². The van der Waals surface area contributed by atoms with Gasteiger partial charge in [0.15, 0.2) is 0 Å². The van der Waals surface area contributed by atoms with Gasteiger partial charge in [-0.3, -0.25) is 0 Å². The van der Waals surface area contributed by atoms with Crippen molar-refractivity contribution in [2.24, 2.45) is 0 Å². The van der Waals surface area contributed by atoms with E-state index in [1.54, 1.807) is 0 Å². The van der Waals surface area contributed by atoms with E-state index in [0.717, 1.165) is 0 Å². The molecule has 0 fully saturated rings. The highest BCUT2D eigenvalue weighted by molar-refractivity contribution is 7.26. The Bertz CT molecular complexity index is 3140. The van der Waals surface area contributed by atoms with E-state index < -0.39 is 0 Å². The lowest BCUT2D eigenvalue weighted by molar-refractivity contribution is 1.68. The van der Waals surface area contributed by atoms with Crippen LogP contribution in [-0.4, -0.2) is 0 Å². The molecule has 49 heavy (non-hydrogen) atoms. The first-order chi connectivity index (χ1) is 24.3. The molecule has 0 amide bonds. The minimum absolute atomic E-state index is 1.24. The Balaban J connectivity index is 1.12. The third-order valence-corrected chi connectivity index (χ3v) is 11.8. The van der Waals surface area contributed by atoms with Gasteiger partial charge in [0.1, 0.15) is 0 Å². The van der Waals surface area contributed by atoms with E-state index in [9.17, 15) is 0 Å². The molecule has 10 aromatic carbocycles. The second-order valence-corrected chi connectivity index (χ2v) is 14.3. The monoisotopic (exact) mass is 636 g/mol. The standard InChI is InChI=1S/C48H28S/c1-2-8-32-25-33(17-13-29(32)7-1)35-20-22-39-40-23-21-36(28-45(40)38-10-4-3-9-37(38)44(39)27-35)34-18-15-30-14-16-31-19-24-42-41-11-5-6-12-46(41)49-48(42)47(31)43(30)26-34/h1-28H. The number of thiophene rings is 1. The van der Waals surface area contributed by atoms with E-state index in [1.807, 2.05) is 11.3 Å². The zero-order chi connectivity index (χ0) is 32.1. The van der Waals surface area contributed by atoms with Crippen LogP contribution in [-0.2, 0) is 0 Å². The highest BCUT2D eigenvalue weighted by atomic mass is 32.1. The maximum atomic E-state index is 2.42. The molecule has 0 saturated heterocycles. The van der Waals surface area contributed by atoms with Crippen LogP contribution < -0.4 is 0 Å². The van der Waals surface area contributed by atoms with Gasteiger partial charge >= 0.3 is 0 Å². The van der Waals surface area contributed by atoms with Gasteiger partial charge in [-0.1, -0.05) is 140 Å². The molecule has 0 bridgehead atoms. The predicted octanol–water partition coefficient (Wildman–Crippen LogP) is 14.3. The molecule has 1 aromatic heterocycles. The fraction of sp³-hybridized carbons (Fsp3) is 0. The van der Waals surface area contributed by atoms with Gasteiger partial charge in [0, 0.05) is 25.6 Å². The number of benzene rings is 10. The van der Waals surface area contributed by atoms with Crippen LogP contribution in [0.5, 0.6) is 0 Å². The van der Waals surface area contributed by atoms with Crippen molar-refractivity contribution in [3.05, 3.63) is 170 Å². The molecule has 1 heterocycles. The van der Waals surface area contributed by atoms with Crippen molar-refractivity contribution in [2.75, 3.05) is 0 Å². The van der Waals surface area contributed by atoms with Crippen molar-refractivity contribution in [3.8, 4) is 22.3 Å². The summed E-state index contributed by atoms with van der Waals surface area (Å²) in [6.07, 6.45) is 0. The summed E-state index contributed by atoms with van der Waals surface area (Å²) in [7, 11) is 0. The summed E-state index contributed by atoms with van der Waals surface area (Å²) in [5.41, 5.74) is 4.98. The molecule has 0 N–H and O–H groups in total. The van der Waals surface area contributed by atoms with E-state index in [0.29, 0.717) is 0 Å². The molecule has 1 heteroatoms. The molecule has 226 valence electrons. The van der Waals surface area contributed by atoms with Gasteiger partial charge in [-0.15, -0.1) is 11.3 Å². The second kappa shape index (κ2) is 10.2. The molecule has 0 spiro atoms. The van der Waals surface area contributed by atoms with E-state index in [4.69, 9.17) is 0 Å². The Morgan fingerprint density at radius 3 is 1.47 bits per heavy atom. The van der Waals surface area contributed by atoms with Crippen molar-refractivity contribution in [1.82, 2.24) is 0 Å². The third-order valence-electron chi connectivity index (χ3n) is 10.6. The molecule has 0 aliphatic rings. The molecule has 0 atom stereocenters. The minimum Gasteiger partial charge on any atom is -0.135 e. The molecule has 0 saturated carbocycles. The lowest BCUT2D eigenvalue weighted by Gasteiger charge is -2.14. The fourth-order valence-corrected chi connectivity index (χ4v) is 9.46. The summed E-state index contributed by atoms with van der Waals surface area (Å²) in [6.45, 7) is 0. The Labute approximate surface area is 287 Å². The van der Waals surface area contributed by atoms with Gasteiger partial charge in [-0.05, 0) is 112 Å². The molecule has 0 radical (unpaired) electrons. The Hall–Kier alpha value is -6.02. The SMILES string of the molecule is c1ccc2cc(-c3ccc4c5ccc(-c6ccc7ccc8ccc9c%10ccccc%10sc9c8c7c6)cc5c5ccccc5c4c3)ccc2c1. The van der Waals surface area contributed by atoms with Crippen LogP contribution in [0.25, 0.3) is 107 Å². The van der Waals surface area contributed by atoms with Crippen molar-refractivity contribution in [3.63, 3.8) is 0 Å². The van der Waals surface area contributed by atoms with Crippen LogP contribution in [0, 0.1) is 0 Å².